The molecule has 4 heteroatoms. The summed E-state index contributed by atoms with van der Waals surface area (Å²) >= 11 is 0. The van der Waals surface area contributed by atoms with Crippen LogP contribution < -0.4 is 9.47 Å². The molecule has 0 unspecified atom stereocenters. The zero-order valence-electron chi connectivity index (χ0n) is 13.6. The van der Waals surface area contributed by atoms with Gasteiger partial charge in [0.1, 0.15) is 0 Å². The summed E-state index contributed by atoms with van der Waals surface area (Å²) in [5.41, 5.74) is 1.000. The van der Waals surface area contributed by atoms with Crippen molar-refractivity contribution in [2.75, 3.05) is 13.7 Å². The number of carbonyl (C=O) groups is 1. The van der Waals surface area contributed by atoms with Gasteiger partial charge in [0.25, 0.3) is 0 Å². The van der Waals surface area contributed by atoms with Gasteiger partial charge in [-0.2, -0.15) is 0 Å². The molecule has 0 atom stereocenters. The highest BCUT2D eigenvalue weighted by Gasteiger charge is 2.13. The van der Waals surface area contributed by atoms with E-state index < -0.39 is 0 Å². The molecule has 0 aliphatic carbocycles. The van der Waals surface area contributed by atoms with E-state index in [4.69, 9.17) is 14.2 Å². The number of esters is 1. The molecule has 0 spiro atoms. The minimum Gasteiger partial charge on any atom is -0.493 e. The summed E-state index contributed by atoms with van der Waals surface area (Å²) in [6.07, 6.45) is 1.04. The first-order chi connectivity index (χ1) is 9.93. The lowest BCUT2D eigenvalue weighted by Gasteiger charge is -2.12. The normalized spacial score (nSPS) is 11.0. The summed E-state index contributed by atoms with van der Waals surface area (Å²) in [6, 6.07) is 5.49. The number of carbonyl (C=O) groups excluding carboxylic acids is 1. The lowest BCUT2D eigenvalue weighted by molar-refractivity contribution is -0.137. The van der Waals surface area contributed by atoms with Crippen molar-refractivity contribution in [3.8, 4) is 11.5 Å². The van der Waals surface area contributed by atoms with E-state index in [0.717, 1.165) is 18.6 Å². The van der Waals surface area contributed by atoms with Gasteiger partial charge in [-0.25, -0.2) is 0 Å². The van der Waals surface area contributed by atoms with E-state index in [1.54, 1.807) is 27.0 Å². The van der Waals surface area contributed by atoms with Gasteiger partial charge in [0.2, 0.25) is 0 Å². The molecule has 1 rings (SSSR count). The van der Waals surface area contributed by atoms with Crippen LogP contribution in [0.5, 0.6) is 11.5 Å². The Balaban J connectivity index is 2.63. The molecule has 118 valence electrons. The Kier molecular flexibility index (Phi) is 7.23. The first kappa shape index (κ1) is 17.5. The van der Waals surface area contributed by atoms with E-state index >= 15 is 0 Å². The van der Waals surface area contributed by atoms with Gasteiger partial charge in [-0.05, 0) is 30.0 Å². The summed E-state index contributed by atoms with van der Waals surface area (Å²) in [4.78, 5) is 11.6. The van der Waals surface area contributed by atoms with Crippen molar-refractivity contribution >= 4 is 5.97 Å². The molecule has 0 bridgehead atoms. The number of rotatable bonds is 8. The molecule has 0 aliphatic heterocycles. The monoisotopic (exact) mass is 294 g/mol. The highest BCUT2D eigenvalue weighted by molar-refractivity contribution is 5.75. The van der Waals surface area contributed by atoms with Crippen LogP contribution in [0.2, 0.25) is 0 Å². The molecule has 0 heterocycles. The topological polar surface area (TPSA) is 44.8 Å². The van der Waals surface area contributed by atoms with E-state index in [0.29, 0.717) is 24.0 Å². The van der Waals surface area contributed by atoms with Crippen LogP contribution in [0.25, 0.3) is 0 Å². The predicted molar refractivity (Wildman–Crippen MR) is 82.6 cm³/mol. The second-order valence-electron chi connectivity index (χ2n) is 5.80. The number of ether oxygens (including phenoxy) is 3. The van der Waals surface area contributed by atoms with Gasteiger partial charge < -0.3 is 14.2 Å². The Labute approximate surface area is 127 Å². The van der Waals surface area contributed by atoms with Crippen LogP contribution in [0.3, 0.4) is 0 Å². The molecule has 0 N–H and O–H groups in total. The van der Waals surface area contributed by atoms with Gasteiger partial charge in [-0.1, -0.05) is 33.8 Å². The van der Waals surface area contributed by atoms with Crippen molar-refractivity contribution in [1.82, 2.24) is 0 Å². The van der Waals surface area contributed by atoms with Crippen molar-refractivity contribution in [1.29, 1.82) is 0 Å². The molecule has 0 amide bonds. The average molecular weight is 294 g/mol. The van der Waals surface area contributed by atoms with E-state index in [1.807, 2.05) is 12.1 Å². The summed E-state index contributed by atoms with van der Waals surface area (Å²) < 4.78 is 16.2. The summed E-state index contributed by atoms with van der Waals surface area (Å²) in [5.74, 6) is 1.19. The summed E-state index contributed by atoms with van der Waals surface area (Å²) in [6.45, 7) is 9.21. The molecule has 1 aromatic carbocycles. The fourth-order valence-electron chi connectivity index (χ4n) is 1.62. The summed E-state index contributed by atoms with van der Waals surface area (Å²) in [7, 11) is 1.56. The average Bonchev–Trinajstić information content (AvgIpc) is 2.44. The SMILES string of the molecule is COc1cc(COCCC(C)C)ccc1OC(=O)C(C)C. The first-order valence-corrected chi connectivity index (χ1v) is 7.40. The molecule has 0 fully saturated rings. The Bertz CT molecular complexity index is 452. The van der Waals surface area contributed by atoms with Gasteiger partial charge in [0.05, 0.1) is 19.6 Å². The smallest absolute Gasteiger partial charge is 0.313 e. The van der Waals surface area contributed by atoms with Crippen LogP contribution in [0.1, 0.15) is 39.7 Å². The van der Waals surface area contributed by atoms with E-state index in [9.17, 15) is 4.79 Å². The van der Waals surface area contributed by atoms with Gasteiger partial charge in [-0.3, -0.25) is 4.79 Å². The molecule has 0 saturated carbocycles. The van der Waals surface area contributed by atoms with E-state index in [1.165, 1.54) is 0 Å². The Morgan fingerprint density at radius 3 is 2.43 bits per heavy atom. The van der Waals surface area contributed by atoms with E-state index in [2.05, 4.69) is 13.8 Å². The van der Waals surface area contributed by atoms with Crippen molar-refractivity contribution in [3.63, 3.8) is 0 Å². The van der Waals surface area contributed by atoms with Gasteiger partial charge in [0, 0.05) is 6.61 Å². The van der Waals surface area contributed by atoms with Crippen molar-refractivity contribution in [3.05, 3.63) is 23.8 Å². The second kappa shape index (κ2) is 8.67. The third-order valence-electron chi connectivity index (χ3n) is 3.02. The highest BCUT2D eigenvalue weighted by Crippen LogP contribution is 2.29. The number of hydrogen-bond donors (Lipinski definition) is 0. The van der Waals surface area contributed by atoms with Crippen molar-refractivity contribution in [2.45, 2.75) is 40.7 Å². The highest BCUT2D eigenvalue weighted by atomic mass is 16.6. The zero-order chi connectivity index (χ0) is 15.8. The third kappa shape index (κ3) is 6.17. The Morgan fingerprint density at radius 2 is 1.86 bits per heavy atom. The van der Waals surface area contributed by atoms with E-state index in [-0.39, 0.29) is 11.9 Å². The first-order valence-electron chi connectivity index (χ1n) is 7.40. The second-order valence-corrected chi connectivity index (χ2v) is 5.80. The molecule has 0 aromatic heterocycles. The van der Waals surface area contributed by atoms with Crippen LogP contribution in [0.15, 0.2) is 18.2 Å². The molecular formula is C17H26O4. The minimum atomic E-state index is -0.269. The van der Waals surface area contributed by atoms with Crippen molar-refractivity contribution < 1.29 is 19.0 Å². The Morgan fingerprint density at radius 1 is 1.14 bits per heavy atom. The van der Waals surface area contributed by atoms with Gasteiger partial charge >= 0.3 is 5.97 Å². The van der Waals surface area contributed by atoms with Crippen LogP contribution in [-0.2, 0) is 16.1 Å². The zero-order valence-corrected chi connectivity index (χ0v) is 13.6. The quantitative estimate of drug-likeness (QED) is 0.415. The minimum absolute atomic E-state index is 0.172. The molecular weight excluding hydrogens is 268 g/mol. The standard InChI is InChI=1S/C17H26O4/c1-12(2)8-9-20-11-14-6-7-15(16(10-14)19-5)21-17(18)13(3)4/h6-7,10,12-13H,8-9,11H2,1-5H3. The van der Waals surface area contributed by atoms with Crippen LogP contribution in [0, 0.1) is 11.8 Å². The fourth-order valence-corrected chi connectivity index (χ4v) is 1.62. The lowest BCUT2D eigenvalue weighted by atomic mass is 10.1. The van der Waals surface area contributed by atoms with Crippen LogP contribution in [0.4, 0.5) is 0 Å². The largest absolute Gasteiger partial charge is 0.493 e. The molecule has 0 aliphatic rings. The Hall–Kier alpha value is -1.55. The van der Waals surface area contributed by atoms with Crippen molar-refractivity contribution in [2.24, 2.45) is 11.8 Å². The molecule has 0 radical (unpaired) electrons. The number of methoxy groups -OCH3 is 1. The summed E-state index contributed by atoms with van der Waals surface area (Å²) in [5, 5.41) is 0. The molecule has 0 saturated heterocycles. The number of hydrogen-bond acceptors (Lipinski definition) is 4. The number of benzene rings is 1. The van der Waals surface area contributed by atoms with Gasteiger partial charge in [0.15, 0.2) is 11.5 Å². The third-order valence-corrected chi connectivity index (χ3v) is 3.02. The molecule has 4 nitrogen and oxygen atoms in total. The maximum atomic E-state index is 11.6. The maximum absolute atomic E-state index is 11.6. The molecule has 21 heavy (non-hydrogen) atoms. The maximum Gasteiger partial charge on any atom is 0.313 e. The lowest BCUT2D eigenvalue weighted by Crippen LogP contribution is -2.15. The van der Waals surface area contributed by atoms with Gasteiger partial charge in [-0.15, -0.1) is 0 Å². The van der Waals surface area contributed by atoms with Crippen LogP contribution in [-0.4, -0.2) is 19.7 Å². The van der Waals surface area contributed by atoms with Crippen LogP contribution >= 0.6 is 0 Å². The molecule has 1 aromatic rings. The predicted octanol–water partition coefficient (Wildman–Crippen LogP) is 3.82. The fraction of sp³-hybridized carbons (Fsp3) is 0.588.